The molecule has 25 heteroatoms. The van der Waals surface area contributed by atoms with E-state index in [9.17, 15) is 68.1 Å². The lowest BCUT2D eigenvalue weighted by Gasteiger charge is -2.17. The number of aliphatic hydroxyl groups is 1. The largest absolute Gasteiger partial charge is 0.481 e. The number of rotatable bonds is 58. The number of amides is 3. The molecule has 0 unspecified atom stereocenters. The third kappa shape index (κ3) is 51.6. The molecule has 0 aliphatic rings. The van der Waals surface area contributed by atoms with E-state index >= 15 is 0 Å². The molecule has 0 fully saturated rings. The Hall–Kier alpha value is -5.31. The minimum Gasteiger partial charge on any atom is -0.481 e. The molecule has 0 radical (unpaired) electrons. The Bertz CT molecular complexity index is 1810. The standard InChI is InChI=1S/C35H58N2O12.C22H43N3O8/c1-25(38)18-19-26(33(44)45)24-27(39)20-21-28(34(46)47)37-31(41)23-22-29(35(48)49)36-30(40)16-14-12-10-8-6-4-2-3-5-7-9-11-13-15-17-32(42)43;1-23-9-11-31-13-14-32-17-19(27)6-5-10-30-12-15-33-18-22(29)25-8-4-3-7-20(24-2)21(28)16-26/h26,28-29H,2-24H2,1H3,(H,36,40)(H,37,41)(H,42,43)(H,44,45)(H,46,47)(H,48,49);20,23-24,26H,3-18H2,1-2H3,(H,25,29)/t26-,28+,29+;20-/m10/s1. The van der Waals surface area contributed by atoms with Gasteiger partial charge in [-0.15, -0.1) is 0 Å². The topological polar surface area (TPSA) is 386 Å². The van der Waals surface area contributed by atoms with E-state index in [-0.39, 0.29) is 100 Å². The number of aliphatic hydroxyl groups excluding tert-OH is 1. The van der Waals surface area contributed by atoms with Gasteiger partial charge in [0.1, 0.15) is 43.5 Å². The van der Waals surface area contributed by atoms with Crippen molar-refractivity contribution in [2.24, 2.45) is 5.92 Å². The van der Waals surface area contributed by atoms with Crippen LogP contribution in [0.3, 0.4) is 0 Å². The van der Waals surface area contributed by atoms with Gasteiger partial charge >= 0.3 is 23.9 Å². The molecule has 0 bridgehead atoms. The monoisotopic (exact) mass is 1180 g/mol. The Balaban J connectivity index is 0. The van der Waals surface area contributed by atoms with Gasteiger partial charge in [-0.2, -0.15) is 0 Å². The Labute approximate surface area is 484 Å². The van der Waals surface area contributed by atoms with E-state index in [1.807, 2.05) is 7.05 Å². The van der Waals surface area contributed by atoms with Gasteiger partial charge in [0.05, 0.1) is 45.0 Å². The highest BCUT2D eigenvalue weighted by Gasteiger charge is 2.27. The van der Waals surface area contributed by atoms with Gasteiger partial charge in [0.25, 0.3) is 0 Å². The fourth-order valence-corrected chi connectivity index (χ4v) is 8.12. The van der Waals surface area contributed by atoms with Crippen molar-refractivity contribution >= 4 is 64.7 Å². The maximum atomic E-state index is 12.4. The fraction of sp³-hybridized carbons (Fsp3) is 0.807. The van der Waals surface area contributed by atoms with Crippen molar-refractivity contribution in [3.05, 3.63) is 0 Å². The number of carbonyl (C=O) groups excluding carboxylic acids is 7. The quantitative estimate of drug-likeness (QED) is 0.0383. The van der Waals surface area contributed by atoms with Crippen LogP contribution in [0, 0.1) is 5.92 Å². The normalized spacial score (nSPS) is 12.4. The number of nitrogens with one attached hydrogen (secondary N) is 5. The molecule has 0 heterocycles. The van der Waals surface area contributed by atoms with Crippen molar-refractivity contribution < 1.29 is 97.2 Å². The van der Waals surface area contributed by atoms with Gasteiger partial charge in [-0.05, 0) is 78.8 Å². The second kappa shape index (κ2) is 54.9. The number of carboxylic acids is 4. The Morgan fingerprint density at radius 1 is 0.415 bits per heavy atom. The van der Waals surface area contributed by atoms with E-state index in [0.717, 1.165) is 77.2 Å². The van der Waals surface area contributed by atoms with Crippen molar-refractivity contribution in [2.45, 2.75) is 205 Å². The second-order valence-electron chi connectivity index (χ2n) is 20.2. The summed E-state index contributed by atoms with van der Waals surface area (Å²) in [5.74, 6) is -8.12. The van der Waals surface area contributed by atoms with E-state index in [0.29, 0.717) is 71.9 Å². The number of Topliss-reactive ketones (excluding diaryl/α,β-unsaturated/α-hetero) is 4. The molecule has 0 spiro atoms. The summed E-state index contributed by atoms with van der Waals surface area (Å²) in [5.41, 5.74) is 0. The van der Waals surface area contributed by atoms with Gasteiger partial charge in [-0.1, -0.05) is 77.0 Å². The highest BCUT2D eigenvalue weighted by atomic mass is 16.5. The molecular weight excluding hydrogens is 1070 g/mol. The molecule has 0 aromatic rings. The summed E-state index contributed by atoms with van der Waals surface area (Å²) in [6.07, 6.45) is 16.4. The minimum absolute atomic E-state index is 0.000422. The van der Waals surface area contributed by atoms with E-state index in [1.165, 1.54) is 32.6 Å². The lowest BCUT2D eigenvalue weighted by atomic mass is 9.94. The van der Waals surface area contributed by atoms with Crippen LogP contribution in [0.5, 0.6) is 0 Å². The third-order valence-electron chi connectivity index (χ3n) is 13.0. The summed E-state index contributed by atoms with van der Waals surface area (Å²) in [4.78, 5) is 128. The molecule has 82 heavy (non-hydrogen) atoms. The summed E-state index contributed by atoms with van der Waals surface area (Å²) in [5, 5.41) is 59.0. The van der Waals surface area contributed by atoms with Crippen LogP contribution in [0.25, 0.3) is 0 Å². The number of hydrogen-bond donors (Lipinski definition) is 10. The van der Waals surface area contributed by atoms with E-state index < -0.39 is 66.1 Å². The molecule has 0 aromatic heterocycles. The summed E-state index contributed by atoms with van der Waals surface area (Å²) in [7, 11) is 3.54. The van der Waals surface area contributed by atoms with Crippen LogP contribution in [0.4, 0.5) is 0 Å². The number of carboxylic acid groups (broad SMARTS) is 4. The van der Waals surface area contributed by atoms with Crippen molar-refractivity contribution in [1.82, 2.24) is 26.6 Å². The summed E-state index contributed by atoms with van der Waals surface area (Å²) < 4.78 is 21.2. The first-order valence-corrected chi connectivity index (χ1v) is 29.3. The molecule has 474 valence electrons. The maximum absolute atomic E-state index is 12.4. The van der Waals surface area contributed by atoms with Crippen molar-refractivity contribution in [3.63, 3.8) is 0 Å². The Morgan fingerprint density at radius 3 is 1.41 bits per heavy atom. The molecule has 0 saturated carbocycles. The number of aliphatic carboxylic acids is 4. The smallest absolute Gasteiger partial charge is 0.326 e. The number of ether oxygens (including phenoxy) is 4. The first-order valence-electron chi connectivity index (χ1n) is 29.3. The second-order valence-corrected chi connectivity index (χ2v) is 20.2. The van der Waals surface area contributed by atoms with E-state index in [4.69, 9.17) is 29.2 Å². The van der Waals surface area contributed by atoms with Crippen molar-refractivity contribution in [2.75, 3.05) is 86.6 Å². The summed E-state index contributed by atoms with van der Waals surface area (Å²) in [6, 6.07) is -3.13. The Kier molecular flexibility index (Phi) is 52.7. The van der Waals surface area contributed by atoms with Crippen molar-refractivity contribution in [3.8, 4) is 0 Å². The van der Waals surface area contributed by atoms with Gasteiger partial charge < -0.3 is 75.9 Å². The van der Waals surface area contributed by atoms with Crippen LogP contribution in [-0.4, -0.2) is 195 Å². The van der Waals surface area contributed by atoms with Crippen LogP contribution in [0.1, 0.15) is 187 Å². The average molecular weight is 1180 g/mol. The minimum atomic E-state index is -1.45. The molecule has 0 rings (SSSR count). The zero-order valence-electron chi connectivity index (χ0n) is 49.2. The first-order chi connectivity index (χ1) is 39.3. The predicted octanol–water partition coefficient (Wildman–Crippen LogP) is 4.10. The zero-order chi connectivity index (χ0) is 61.6. The summed E-state index contributed by atoms with van der Waals surface area (Å²) in [6.45, 7) is 4.76. The number of likely N-dealkylation sites (N-methyl/N-ethyl adjacent to an activating group) is 2. The maximum Gasteiger partial charge on any atom is 0.326 e. The SMILES string of the molecule is CC(=O)CC[C@H](CC(=O)CC[C@H](NC(=O)CC[C@H](NC(=O)CCCCCCCCCCCCCCCCC(=O)O)C(=O)O)C(=O)O)C(=O)O.CNCCOCCOCC(=O)CCCOCCOCC(=O)NCCCC[C@H](NC)C(=O)CO. The van der Waals surface area contributed by atoms with Crippen LogP contribution < -0.4 is 26.6 Å². The lowest BCUT2D eigenvalue weighted by molar-refractivity contribution is -0.145. The molecule has 0 aliphatic heterocycles. The number of hydrogen-bond acceptors (Lipinski definition) is 18. The van der Waals surface area contributed by atoms with Gasteiger partial charge in [0.15, 0.2) is 11.6 Å². The van der Waals surface area contributed by atoms with Gasteiger partial charge in [0, 0.05) is 64.6 Å². The highest BCUT2D eigenvalue weighted by Crippen LogP contribution is 2.17. The Morgan fingerprint density at radius 2 is 0.915 bits per heavy atom. The number of carbonyl (C=O) groups is 11. The molecule has 0 aliphatic carbocycles. The molecule has 4 atom stereocenters. The average Bonchev–Trinajstić information content (AvgIpc) is 3.43. The van der Waals surface area contributed by atoms with Crippen LogP contribution >= 0.6 is 0 Å². The molecule has 0 aromatic carbocycles. The van der Waals surface area contributed by atoms with Crippen LogP contribution in [-0.2, 0) is 71.7 Å². The van der Waals surface area contributed by atoms with E-state index in [1.54, 1.807) is 7.05 Å². The number of ketones is 4. The third-order valence-corrected chi connectivity index (χ3v) is 13.0. The molecule has 3 amide bonds. The fourth-order valence-electron chi connectivity index (χ4n) is 8.12. The van der Waals surface area contributed by atoms with Crippen LogP contribution in [0.15, 0.2) is 0 Å². The zero-order valence-corrected chi connectivity index (χ0v) is 49.2. The molecule has 0 saturated heterocycles. The molecular formula is C57H101N5O20. The van der Waals surface area contributed by atoms with Gasteiger partial charge in [-0.25, -0.2) is 9.59 Å². The van der Waals surface area contributed by atoms with Crippen molar-refractivity contribution in [1.29, 1.82) is 0 Å². The number of unbranched alkanes of at least 4 members (excludes halogenated alkanes) is 14. The first kappa shape index (κ1) is 78.8. The highest BCUT2D eigenvalue weighted by molar-refractivity contribution is 5.88. The lowest BCUT2D eigenvalue weighted by Crippen LogP contribution is -2.44. The van der Waals surface area contributed by atoms with Gasteiger partial charge in [0.2, 0.25) is 17.7 Å². The molecule has 10 N–H and O–H groups in total. The summed E-state index contributed by atoms with van der Waals surface area (Å²) >= 11 is 0. The molecule has 25 nitrogen and oxygen atoms in total. The predicted molar refractivity (Wildman–Crippen MR) is 303 cm³/mol. The van der Waals surface area contributed by atoms with Gasteiger partial charge in [-0.3, -0.25) is 38.4 Å². The van der Waals surface area contributed by atoms with E-state index in [2.05, 4.69) is 26.6 Å². The van der Waals surface area contributed by atoms with Crippen LogP contribution in [0.2, 0.25) is 0 Å².